The Morgan fingerprint density at radius 2 is 2.33 bits per heavy atom. The first-order chi connectivity index (χ1) is 6.94. The van der Waals surface area contributed by atoms with Gasteiger partial charge in [0.15, 0.2) is 0 Å². The molecular weight excluding hydrogens is 279 g/mol. The van der Waals surface area contributed by atoms with Gasteiger partial charge in [-0.1, -0.05) is 18.5 Å². The minimum Gasteiger partial charge on any atom is -0.475 e. The third-order valence-corrected chi connectivity index (χ3v) is 2.90. The molecule has 1 rings (SSSR count). The van der Waals surface area contributed by atoms with E-state index in [-0.39, 0.29) is 5.54 Å². The first-order valence-electron chi connectivity index (χ1n) is 4.67. The number of hydrogen-bond donors (Lipinski definition) is 1. The predicted octanol–water partition coefficient (Wildman–Crippen LogP) is 3.00. The van der Waals surface area contributed by atoms with Crippen LogP contribution in [0.5, 0.6) is 5.88 Å². The van der Waals surface area contributed by atoms with Crippen molar-refractivity contribution in [2.24, 2.45) is 5.73 Å². The molecule has 84 valence electrons. The first kappa shape index (κ1) is 12.7. The summed E-state index contributed by atoms with van der Waals surface area (Å²) in [7, 11) is 0. The van der Waals surface area contributed by atoms with Crippen LogP contribution in [0.25, 0.3) is 0 Å². The number of pyridine rings is 1. The van der Waals surface area contributed by atoms with Gasteiger partial charge in [0.05, 0.1) is 9.50 Å². The Hall–Kier alpha value is -0.320. The summed E-state index contributed by atoms with van der Waals surface area (Å²) in [6.07, 6.45) is 2.39. The quantitative estimate of drug-likeness (QED) is 0.928. The fourth-order valence-corrected chi connectivity index (χ4v) is 1.60. The van der Waals surface area contributed by atoms with E-state index >= 15 is 0 Å². The first-order valence-corrected chi connectivity index (χ1v) is 5.84. The summed E-state index contributed by atoms with van der Waals surface area (Å²) in [6, 6.07) is 1.74. The summed E-state index contributed by atoms with van der Waals surface area (Å²) in [6.45, 7) is 4.39. The monoisotopic (exact) mass is 292 g/mol. The van der Waals surface area contributed by atoms with Crippen LogP contribution in [0.2, 0.25) is 5.02 Å². The molecule has 2 N–H and O–H groups in total. The van der Waals surface area contributed by atoms with E-state index in [9.17, 15) is 0 Å². The standard InChI is InChI=1S/C10H14BrClN2O/c1-3-10(2,13)6-15-9-8(11)4-7(12)5-14-9/h4-5H,3,6,13H2,1-2H3. The van der Waals surface area contributed by atoms with Crippen molar-refractivity contribution in [1.82, 2.24) is 4.98 Å². The highest BCUT2D eigenvalue weighted by Crippen LogP contribution is 2.25. The van der Waals surface area contributed by atoms with Crippen LogP contribution in [0.1, 0.15) is 20.3 Å². The third kappa shape index (κ3) is 3.97. The lowest BCUT2D eigenvalue weighted by atomic mass is 10.0. The molecule has 0 radical (unpaired) electrons. The van der Waals surface area contributed by atoms with Gasteiger partial charge in [-0.15, -0.1) is 0 Å². The number of nitrogens with two attached hydrogens (primary N) is 1. The second-order valence-electron chi connectivity index (χ2n) is 3.74. The fraction of sp³-hybridized carbons (Fsp3) is 0.500. The topological polar surface area (TPSA) is 48.1 Å². The summed E-state index contributed by atoms with van der Waals surface area (Å²) < 4.78 is 6.24. The van der Waals surface area contributed by atoms with Crippen molar-refractivity contribution in [3.63, 3.8) is 0 Å². The molecule has 0 spiro atoms. The van der Waals surface area contributed by atoms with Crippen LogP contribution < -0.4 is 10.5 Å². The lowest BCUT2D eigenvalue weighted by Gasteiger charge is -2.22. The lowest BCUT2D eigenvalue weighted by Crippen LogP contribution is -2.41. The Kier molecular flexibility index (Phi) is 4.37. The summed E-state index contributed by atoms with van der Waals surface area (Å²) in [4.78, 5) is 4.06. The Morgan fingerprint density at radius 3 is 2.87 bits per heavy atom. The zero-order valence-electron chi connectivity index (χ0n) is 8.76. The van der Waals surface area contributed by atoms with Gasteiger partial charge in [-0.2, -0.15) is 0 Å². The maximum Gasteiger partial charge on any atom is 0.228 e. The van der Waals surface area contributed by atoms with Gasteiger partial charge >= 0.3 is 0 Å². The molecule has 1 unspecified atom stereocenters. The Balaban J connectivity index is 2.66. The number of halogens is 2. The van der Waals surface area contributed by atoms with Crippen LogP contribution in [0.3, 0.4) is 0 Å². The summed E-state index contributed by atoms with van der Waals surface area (Å²) >= 11 is 9.09. The molecule has 0 bridgehead atoms. The average molecular weight is 294 g/mol. The van der Waals surface area contributed by atoms with E-state index in [1.807, 2.05) is 13.8 Å². The molecule has 1 atom stereocenters. The maximum atomic E-state index is 5.95. The number of rotatable bonds is 4. The predicted molar refractivity (Wildman–Crippen MR) is 65.3 cm³/mol. The molecule has 0 aliphatic carbocycles. The molecular formula is C10H14BrClN2O. The Bertz CT molecular complexity index is 344. The average Bonchev–Trinajstić information content (AvgIpc) is 2.16. The smallest absolute Gasteiger partial charge is 0.228 e. The molecule has 1 heterocycles. The number of hydrogen-bond acceptors (Lipinski definition) is 3. The van der Waals surface area contributed by atoms with E-state index in [0.29, 0.717) is 17.5 Å². The fourth-order valence-electron chi connectivity index (χ4n) is 0.844. The second kappa shape index (κ2) is 5.14. The minimum absolute atomic E-state index is 0.333. The molecule has 0 saturated carbocycles. The molecule has 0 fully saturated rings. The van der Waals surface area contributed by atoms with Crippen molar-refractivity contribution in [2.75, 3.05) is 6.61 Å². The highest BCUT2D eigenvalue weighted by molar-refractivity contribution is 9.10. The van der Waals surface area contributed by atoms with Crippen LogP contribution in [0.15, 0.2) is 16.7 Å². The van der Waals surface area contributed by atoms with Gasteiger partial charge in [-0.25, -0.2) is 4.98 Å². The molecule has 0 amide bonds. The molecule has 0 saturated heterocycles. The van der Waals surface area contributed by atoms with Gasteiger partial charge in [0, 0.05) is 11.7 Å². The van der Waals surface area contributed by atoms with Crippen molar-refractivity contribution >= 4 is 27.5 Å². The second-order valence-corrected chi connectivity index (χ2v) is 5.03. The van der Waals surface area contributed by atoms with Crippen LogP contribution >= 0.6 is 27.5 Å². The van der Waals surface area contributed by atoms with Crippen LogP contribution in [0.4, 0.5) is 0 Å². The van der Waals surface area contributed by atoms with Gasteiger partial charge in [0.1, 0.15) is 6.61 Å². The molecule has 3 nitrogen and oxygen atoms in total. The normalized spacial score (nSPS) is 14.7. The van der Waals surface area contributed by atoms with Gasteiger partial charge in [-0.05, 0) is 35.3 Å². The molecule has 1 aromatic heterocycles. The molecule has 5 heteroatoms. The van der Waals surface area contributed by atoms with Gasteiger partial charge in [0.25, 0.3) is 0 Å². The molecule has 0 aliphatic rings. The van der Waals surface area contributed by atoms with Gasteiger partial charge in [0.2, 0.25) is 5.88 Å². The molecule has 1 aromatic rings. The summed E-state index contributed by atoms with van der Waals surface area (Å²) in [5, 5.41) is 0.570. The minimum atomic E-state index is -0.333. The number of ether oxygens (including phenoxy) is 1. The SMILES string of the molecule is CCC(C)(N)COc1ncc(Cl)cc1Br. The van der Waals surface area contributed by atoms with Crippen molar-refractivity contribution in [3.8, 4) is 5.88 Å². The van der Waals surface area contributed by atoms with Crippen LogP contribution in [0, 0.1) is 0 Å². The van der Waals surface area contributed by atoms with E-state index in [0.717, 1.165) is 10.9 Å². The van der Waals surface area contributed by atoms with Crippen LogP contribution in [-0.4, -0.2) is 17.1 Å². The van der Waals surface area contributed by atoms with E-state index in [1.165, 1.54) is 0 Å². The summed E-state index contributed by atoms with van der Waals surface area (Å²) in [5.41, 5.74) is 5.62. The van der Waals surface area contributed by atoms with Crippen molar-refractivity contribution in [1.29, 1.82) is 0 Å². The van der Waals surface area contributed by atoms with E-state index in [1.54, 1.807) is 12.3 Å². The van der Waals surface area contributed by atoms with E-state index in [4.69, 9.17) is 22.1 Å². The highest BCUT2D eigenvalue weighted by Gasteiger charge is 2.17. The molecule has 0 aliphatic heterocycles. The van der Waals surface area contributed by atoms with E-state index in [2.05, 4.69) is 20.9 Å². The molecule has 15 heavy (non-hydrogen) atoms. The number of aromatic nitrogens is 1. The van der Waals surface area contributed by atoms with E-state index < -0.39 is 0 Å². The van der Waals surface area contributed by atoms with Crippen LogP contribution in [-0.2, 0) is 0 Å². The largest absolute Gasteiger partial charge is 0.475 e. The lowest BCUT2D eigenvalue weighted by molar-refractivity contribution is 0.217. The summed E-state index contributed by atoms with van der Waals surface area (Å²) in [5.74, 6) is 0.518. The van der Waals surface area contributed by atoms with Gasteiger partial charge < -0.3 is 10.5 Å². The van der Waals surface area contributed by atoms with Gasteiger partial charge in [-0.3, -0.25) is 0 Å². The Labute approximate surface area is 103 Å². The van der Waals surface area contributed by atoms with Crippen molar-refractivity contribution in [2.45, 2.75) is 25.8 Å². The third-order valence-electron chi connectivity index (χ3n) is 2.12. The highest BCUT2D eigenvalue weighted by atomic mass is 79.9. The zero-order chi connectivity index (χ0) is 11.5. The molecule has 0 aromatic carbocycles. The number of nitrogens with zero attached hydrogens (tertiary/aromatic N) is 1. The Morgan fingerprint density at radius 1 is 1.67 bits per heavy atom. The zero-order valence-corrected chi connectivity index (χ0v) is 11.1. The van der Waals surface area contributed by atoms with Crippen molar-refractivity contribution < 1.29 is 4.74 Å². The maximum absolute atomic E-state index is 5.95. The van der Waals surface area contributed by atoms with Crippen molar-refractivity contribution in [3.05, 3.63) is 21.8 Å².